The maximum Gasteiger partial charge on any atom is 0.0598 e. The van der Waals surface area contributed by atoms with Crippen LogP contribution in [-0.2, 0) is 13.1 Å². The summed E-state index contributed by atoms with van der Waals surface area (Å²) < 4.78 is 0. The third-order valence-corrected chi connectivity index (χ3v) is 3.11. The molecule has 0 amide bonds. The van der Waals surface area contributed by atoms with Gasteiger partial charge in [0.05, 0.1) is 12.2 Å². The van der Waals surface area contributed by atoms with Gasteiger partial charge in [0.15, 0.2) is 0 Å². The molecule has 2 rings (SSSR count). The molecule has 0 fully saturated rings. The van der Waals surface area contributed by atoms with E-state index in [-0.39, 0.29) is 0 Å². The van der Waals surface area contributed by atoms with Crippen LogP contribution in [0.15, 0.2) is 42.6 Å². The van der Waals surface area contributed by atoms with Crippen LogP contribution in [-0.4, -0.2) is 19.1 Å². The first-order valence-corrected chi connectivity index (χ1v) is 6.55. The van der Waals surface area contributed by atoms with Gasteiger partial charge in [0.2, 0.25) is 0 Å². The quantitative estimate of drug-likeness (QED) is 0.890. The molecule has 0 aliphatic rings. The molecule has 1 aromatic carbocycles. The topological polar surface area (TPSA) is 28.2 Å². The van der Waals surface area contributed by atoms with E-state index in [1.54, 1.807) is 0 Å². The first-order chi connectivity index (χ1) is 9.19. The van der Waals surface area contributed by atoms with Gasteiger partial charge >= 0.3 is 0 Å². The van der Waals surface area contributed by atoms with E-state index in [0.29, 0.717) is 0 Å². The normalized spacial score (nSPS) is 10.5. The highest BCUT2D eigenvalue weighted by atomic mass is 15.1. The zero-order valence-electron chi connectivity index (χ0n) is 11.9. The highest BCUT2D eigenvalue weighted by molar-refractivity contribution is 5.47. The first kappa shape index (κ1) is 13.6. The minimum absolute atomic E-state index is 0.823. The molecule has 0 aliphatic heterocycles. The van der Waals surface area contributed by atoms with E-state index in [1.807, 2.05) is 13.2 Å². The molecule has 100 valence electrons. The van der Waals surface area contributed by atoms with Crippen LogP contribution in [0.4, 0.5) is 5.69 Å². The lowest BCUT2D eigenvalue weighted by atomic mass is 10.2. The second-order valence-corrected chi connectivity index (χ2v) is 4.88. The van der Waals surface area contributed by atoms with Crippen LogP contribution in [0.25, 0.3) is 0 Å². The van der Waals surface area contributed by atoms with Crippen molar-refractivity contribution in [1.29, 1.82) is 0 Å². The number of aromatic nitrogens is 1. The summed E-state index contributed by atoms with van der Waals surface area (Å²) in [5.41, 5.74) is 4.80. The second-order valence-electron chi connectivity index (χ2n) is 4.88. The van der Waals surface area contributed by atoms with Gasteiger partial charge in [0.25, 0.3) is 0 Å². The molecule has 0 radical (unpaired) electrons. The molecule has 0 aliphatic carbocycles. The molecule has 19 heavy (non-hydrogen) atoms. The second kappa shape index (κ2) is 6.34. The number of aryl methyl sites for hydroxylation is 1. The van der Waals surface area contributed by atoms with Gasteiger partial charge in [-0.25, -0.2) is 0 Å². The number of nitrogens with one attached hydrogen (secondary N) is 1. The summed E-state index contributed by atoms with van der Waals surface area (Å²) in [6.07, 6.45) is 1.94. The first-order valence-electron chi connectivity index (χ1n) is 6.55. The third-order valence-electron chi connectivity index (χ3n) is 3.11. The lowest BCUT2D eigenvalue weighted by Crippen LogP contribution is -2.17. The van der Waals surface area contributed by atoms with Crippen molar-refractivity contribution < 1.29 is 0 Å². The lowest BCUT2D eigenvalue weighted by molar-refractivity contribution is 0.806. The fourth-order valence-corrected chi connectivity index (χ4v) is 2.06. The summed E-state index contributed by atoms with van der Waals surface area (Å²) in [7, 11) is 4.04. The fourth-order valence-electron chi connectivity index (χ4n) is 2.06. The van der Waals surface area contributed by atoms with Gasteiger partial charge in [0.1, 0.15) is 0 Å². The molecule has 0 spiro atoms. The monoisotopic (exact) mass is 255 g/mol. The Kier molecular flexibility index (Phi) is 4.53. The van der Waals surface area contributed by atoms with Crippen molar-refractivity contribution in [3.8, 4) is 0 Å². The zero-order chi connectivity index (χ0) is 13.7. The van der Waals surface area contributed by atoms with Crippen LogP contribution in [0, 0.1) is 6.92 Å². The highest BCUT2D eigenvalue weighted by Gasteiger charge is 2.03. The summed E-state index contributed by atoms with van der Waals surface area (Å²) in [6.45, 7) is 3.80. The van der Waals surface area contributed by atoms with Crippen LogP contribution in [0.3, 0.4) is 0 Å². The molecule has 0 bridgehead atoms. The summed E-state index contributed by atoms with van der Waals surface area (Å²) in [5.74, 6) is 0. The van der Waals surface area contributed by atoms with Crippen molar-refractivity contribution in [2.75, 3.05) is 19.0 Å². The summed E-state index contributed by atoms with van der Waals surface area (Å²) in [6, 6.07) is 12.7. The maximum atomic E-state index is 4.50. The van der Waals surface area contributed by atoms with Crippen LogP contribution in [0.2, 0.25) is 0 Å². The molecular weight excluding hydrogens is 234 g/mol. The van der Waals surface area contributed by atoms with E-state index >= 15 is 0 Å². The van der Waals surface area contributed by atoms with E-state index in [2.05, 4.69) is 65.6 Å². The summed E-state index contributed by atoms with van der Waals surface area (Å²) >= 11 is 0. The average Bonchev–Trinajstić information content (AvgIpc) is 2.41. The molecule has 1 heterocycles. The smallest absolute Gasteiger partial charge is 0.0598 e. The van der Waals surface area contributed by atoms with E-state index in [9.17, 15) is 0 Å². The molecule has 3 heteroatoms. The van der Waals surface area contributed by atoms with Crippen LogP contribution >= 0.6 is 0 Å². The van der Waals surface area contributed by atoms with Gasteiger partial charge in [0, 0.05) is 25.5 Å². The Hall–Kier alpha value is -1.87. The van der Waals surface area contributed by atoms with Gasteiger partial charge in [-0.3, -0.25) is 4.98 Å². The summed E-state index contributed by atoms with van der Waals surface area (Å²) in [4.78, 5) is 6.72. The zero-order valence-corrected chi connectivity index (χ0v) is 11.9. The number of rotatable bonds is 5. The van der Waals surface area contributed by atoms with E-state index < -0.39 is 0 Å². The van der Waals surface area contributed by atoms with Gasteiger partial charge in [-0.2, -0.15) is 0 Å². The van der Waals surface area contributed by atoms with E-state index in [1.165, 1.54) is 16.8 Å². The van der Waals surface area contributed by atoms with Crippen molar-refractivity contribution in [3.05, 3.63) is 59.4 Å². The number of anilines is 1. The molecule has 1 N–H and O–H groups in total. The predicted octanol–water partition coefficient (Wildman–Crippen LogP) is 2.75. The van der Waals surface area contributed by atoms with Crippen LogP contribution in [0.1, 0.15) is 16.8 Å². The number of hydrogen-bond acceptors (Lipinski definition) is 3. The maximum absolute atomic E-state index is 4.50. The highest BCUT2D eigenvalue weighted by Crippen LogP contribution is 2.16. The number of nitrogens with zero attached hydrogens (tertiary/aromatic N) is 2. The molecule has 0 saturated carbocycles. The molecule has 2 aromatic rings. The van der Waals surface area contributed by atoms with Gasteiger partial charge in [-0.05, 0) is 43.3 Å². The minimum atomic E-state index is 0.823. The van der Waals surface area contributed by atoms with Crippen LogP contribution in [0.5, 0.6) is 0 Å². The largest absolute Gasteiger partial charge is 0.369 e. The molecule has 0 unspecified atom stereocenters. The lowest BCUT2D eigenvalue weighted by Gasteiger charge is -2.19. The Morgan fingerprint density at radius 1 is 1.21 bits per heavy atom. The SMILES string of the molecule is CNCc1ccc(CN(C)c2cccc(C)c2)nc1. The Morgan fingerprint density at radius 2 is 2.05 bits per heavy atom. The van der Waals surface area contributed by atoms with Crippen molar-refractivity contribution in [1.82, 2.24) is 10.3 Å². The number of benzene rings is 1. The predicted molar refractivity (Wildman–Crippen MR) is 80.3 cm³/mol. The number of pyridine rings is 1. The van der Waals surface area contributed by atoms with Gasteiger partial charge < -0.3 is 10.2 Å². The molecule has 3 nitrogen and oxygen atoms in total. The molecular formula is C16H21N3. The van der Waals surface area contributed by atoms with Crippen molar-refractivity contribution in [2.45, 2.75) is 20.0 Å². The Balaban J connectivity index is 2.04. The van der Waals surface area contributed by atoms with Crippen molar-refractivity contribution in [3.63, 3.8) is 0 Å². The van der Waals surface area contributed by atoms with E-state index in [4.69, 9.17) is 0 Å². The molecule has 1 aromatic heterocycles. The average molecular weight is 255 g/mol. The Labute approximate surface area is 115 Å². The molecule has 0 saturated heterocycles. The Bertz CT molecular complexity index is 520. The summed E-state index contributed by atoms with van der Waals surface area (Å²) in [5, 5.41) is 3.13. The van der Waals surface area contributed by atoms with Crippen molar-refractivity contribution in [2.24, 2.45) is 0 Å². The van der Waals surface area contributed by atoms with Crippen molar-refractivity contribution >= 4 is 5.69 Å². The standard InChI is InChI=1S/C16H21N3/c1-13-5-4-6-16(9-13)19(3)12-15-8-7-14(10-17-2)11-18-15/h4-9,11,17H,10,12H2,1-3H3. The van der Waals surface area contributed by atoms with Gasteiger partial charge in [-0.1, -0.05) is 18.2 Å². The molecule has 0 atom stereocenters. The minimum Gasteiger partial charge on any atom is -0.369 e. The van der Waals surface area contributed by atoms with E-state index in [0.717, 1.165) is 18.8 Å². The Morgan fingerprint density at radius 3 is 2.68 bits per heavy atom. The fraction of sp³-hybridized carbons (Fsp3) is 0.312. The number of hydrogen-bond donors (Lipinski definition) is 1. The van der Waals surface area contributed by atoms with Gasteiger partial charge in [-0.15, -0.1) is 0 Å². The van der Waals surface area contributed by atoms with Crippen LogP contribution < -0.4 is 10.2 Å². The third kappa shape index (κ3) is 3.80.